The highest BCUT2D eigenvalue weighted by atomic mass is 19.4. The summed E-state index contributed by atoms with van der Waals surface area (Å²) >= 11 is 0. The van der Waals surface area contributed by atoms with Crippen LogP contribution in [0.2, 0.25) is 0 Å². The van der Waals surface area contributed by atoms with E-state index in [0.29, 0.717) is 27.9 Å². The quantitative estimate of drug-likeness (QED) is 0.156. The molecule has 9 aromatic rings. The summed E-state index contributed by atoms with van der Waals surface area (Å²) in [6, 6.07) is 35.6. The summed E-state index contributed by atoms with van der Waals surface area (Å²) in [5, 5.41) is 3.85. The first-order chi connectivity index (χ1) is 29.9. The van der Waals surface area contributed by atoms with Gasteiger partial charge < -0.3 is 9.13 Å². The van der Waals surface area contributed by atoms with E-state index in [-0.39, 0.29) is 0 Å². The zero-order chi connectivity index (χ0) is 46.0. The molecule has 8 heteroatoms. The highest BCUT2D eigenvalue weighted by molar-refractivity contribution is 6.13. The van der Waals surface area contributed by atoms with Crippen LogP contribution in [-0.4, -0.2) is 9.13 Å². The van der Waals surface area contributed by atoms with Crippen LogP contribution < -0.4 is 0 Å². The van der Waals surface area contributed by atoms with Crippen LogP contribution in [0.15, 0.2) is 121 Å². The van der Waals surface area contributed by atoms with Gasteiger partial charge in [0.15, 0.2) is 0 Å². The Balaban J connectivity index is 1.68. The van der Waals surface area contributed by atoms with Gasteiger partial charge in [-0.2, -0.15) is 26.3 Å². The van der Waals surface area contributed by atoms with Gasteiger partial charge in [0.2, 0.25) is 0 Å². The van der Waals surface area contributed by atoms with Gasteiger partial charge in [-0.3, -0.25) is 0 Å². The normalized spacial score (nSPS) is 13.0. The lowest BCUT2D eigenvalue weighted by atomic mass is 9.71. The fourth-order valence-electron chi connectivity index (χ4n) is 9.88. The third-order valence-electron chi connectivity index (χ3n) is 12.5. The van der Waals surface area contributed by atoms with Crippen LogP contribution in [0.5, 0.6) is 0 Å². The summed E-state index contributed by atoms with van der Waals surface area (Å²) in [6.45, 7) is 20.6. The zero-order valence-corrected chi connectivity index (χ0v) is 37.7. The average molecular weight is 865 g/mol. The standard InChI is InChI=1S/C56H50F6N2/c1-31-17-21-43-39(25-31)40-26-32(2)18-22-44(40)63(43)51-47(35-13-11-15-37(29-35)55(57,58)59)49(53(5,6)7)52(50(54(8,9)10)48(51)36-14-12-16-38(30-36)56(60,61)62)64-45-23-19-33(3)27-41(45)42-28-34(4)20-24-46(42)64/h11-30H,1-10H3. The van der Waals surface area contributed by atoms with Crippen molar-refractivity contribution in [2.45, 2.75) is 92.4 Å². The van der Waals surface area contributed by atoms with E-state index in [4.69, 9.17) is 0 Å². The predicted molar refractivity (Wildman–Crippen MR) is 252 cm³/mol. The highest BCUT2D eigenvalue weighted by Crippen LogP contribution is 2.55. The molecular formula is C56H50F6N2. The number of benzene rings is 7. The molecule has 0 amide bonds. The molecule has 0 N–H and O–H groups in total. The summed E-state index contributed by atoms with van der Waals surface area (Å²) in [4.78, 5) is 0. The molecule has 7 aromatic carbocycles. The molecule has 2 aromatic heterocycles. The molecule has 64 heavy (non-hydrogen) atoms. The van der Waals surface area contributed by atoms with E-state index in [0.717, 1.165) is 94.8 Å². The van der Waals surface area contributed by atoms with Gasteiger partial charge in [-0.25, -0.2) is 0 Å². The highest BCUT2D eigenvalue weighted by Gasteiger charge is 2.40. The molecule has 0 atom stereocenters. The van der Waals surface area contributed by atoms with E-state index in [1.54, 1.807) is 12.1 Å². The van der Waals surface area contributed by atoms with E-state index >= 15 is 26.3 Å². The van der Waals surface area contributed by atoms with Gasteiger partial charge in [0.1, 0.15) is 0 Å². The number of nitrogens with zero attached hydrogens (tertiary/aromatic N) is 2. The van der Waals surface area contributed by atoms with Crippen LogP contribution in [-0.2, 0) is 23.2 Å². The van der Waals surface area contributed by atoms with Gasteiger partial charge in [-0.1, -0.05) is 112 Å². The van der Waals surface area contributed by atoms with Crippen molar-refractivity contribution in [1.29, 1.82) is 0 Å². The first kappa shape index (κ1) is 43.0. The first-order valence-corrected chi connectivity index (χ1v) is 21.6. The van der Waals surface area contributed by atoms with Crippen LogP contribution >= 0.6 is 0 Å². The van der Waals surface area contributed by atoms with E-state index in [1.165, 1.54) is 24.3 Å². The maximum atomic E-state index is 15.0. The minimum atomic E-state index is -4.68. The number of alkyl halides is 6. The second-order valence-electron chi connectivity index (χ2n) is 19.6. The second-order valence-corrected chi connectivity index (χ2v) is 19.6. The summed E-state index contributed by atoms with van der Waals surface area (Å²) in [7, 11) is 0. The average Bonchev–Trinajstić information content (AvgIpc) is 3.69. The molecule has 0 radical (unpaired) electrons. The maximum Gasteiger partial charge on any atom is 0.416 e. The Labute approximate surface area is 369 Å². The molecule has 0 fully saturated rings. The lowest BCUT2D eigenvalue weighted by Crippen LogP contribution is -2.26. The topological polar surface area (TPSA) is 9.86 Å². The Morgan fingerprint density at radius 3 is 0.938 bits per heavy atom. The van der Waals surface area contributed by atoms with Gasteiger partial charge in [0, 0.05) is 32.7 Å². The van der Waals surface area contributed by atoms with Crippen LogP contribution in [0, 0.1) is 27.7 Å². The van der Waals surface area contributed by atoms with Gasteiger partial charge in [-0.05, 0) is 134 Å². The smallest absolute Gasteiger partial charge is 0.309 e. The monoisotopic (exact) mass is 864 g/mol. The SMILES string of the molecule is Cc1ccc2c(c1)c1cc(C)ccc1n2-c1c(-c2cccc(C(F)(F)F)c2)c(C(C)(C)C)c(-n2c3ccc(C)cc3c3cc(C)ccc32)c(C(C)(C)C)c1-c1cccc(C(F)(F)F)c1. The third kappa shape index (κ3) is 7.06. The predicted octanol–water partition coefficient (Wildman–Crippen LogP) is 17.1. The number of hydrogen-bond donors (Lipinski definition) is 0. The molecule has 2 nitrogen and oxygen atoms in total. The molecule has 0 aliphatic carbocycles. The van der Waals surface area contributed by atoms with E-state index in [1.807, 2.05) is 52.0 Å². The fourth-order valence-corrected chi connectivity index (χ4v) is 9.88. The molecule has 0 bridgehead atoms. The lowest BCUT2D eigenvalue weighted by molar-refractivity contribution is -0.138. The zero-order valence-electron chi connectivity index (χ0n) is 37.7. The summed E-state index contributed by atoms with van der Waals surface area (Å²) in [5.74, 6) is 0. The van der Waals surface area contributed by atoms with Gasteiger partial charge >= 0.3 is 12.4 Å². The molecular weight excluding hydrogens is 815 g/mol. The van der Waals surface area contributed by atoms with Crippen molar-refractivity contribution < 1.29 is 26.3 Å². The summed E-state index contributed by atoms with van der Waals surface area (Å²) in [6.07, 6.45) is -9.36. The largest absolute Gasteiger partial charge is 0.416 e. The second kappa shape index (κ2) is 14.6. The number of rotatable bonds is 4. The third-order valence-corrected chi connectivity index (χ3v) is 12.5. The molecule has 0 unspecified atom stereocenters. The Morgan fingerprint density at radius 1 is 0.359 bits per heavy atom. The van der Waals surface area contributed by atoms with Gasteiger partial charge in [-0.15, -0.1) is 0 Å². The molecule has 0 saturated carbocycles. The van der Waals surface area contributed by atoms with Crippen molar-refractivity contribution in [3.63, 3.8) is 0 Å². The summed E-state index contributed by atoms with van der Waals surface area (Å²) < 4.78 is 94.4. The molecule has 0 spiro atoms. The van der Waals surface area contributed by atoms with Crippen molar-refractivity contribution in [2.75, 3.05) is 0 Å². The number of hydrogen-bond acceptors (Lipinski definition) is 0. The van der Waals surface area contributed by atoms with Crippen LogP contribution in [0.1, 0.15) is 86.1 Å². The Hall–Kier alpha value is -6.28. The van der Waals surface area contributed by atoms with Gasteiger partial charge in [0.05, 0.1) is 44.6 Å². The molecule has 2 heterocycles. The maximum absolute atomic E-state index is 15.0. The molecule has 0 saturated heterocycles. The van der Waals surface area contributed by atoms with Crippen LogP contribution in [0.3, 0.4) is 0 Å². The summed E-state index contributed by atoms with van der Waals surface area (Å²) in [5.41, 5.74) is 8.63. The fraction of sp³-hybridized carbons (Fsp3) is 0.250. The van der Waals surface area contributed by atoms with Crippen molar-refractivity contribution >= 4 is 43.6 Å². The Bertz CT molecular complexity index is 3140. The first-order valence-electron chi connectivity index (χ1n) is 21.6. The Kier molecular flexibility index (Phi) is 9.83. The molecule has 326 valence electrons. The van der Waals surface area contributed by atoms with Gasteiger partial charge in [0.25, 0.3) is 0 Å². The minimum absolute atomic E-state index is 0.298. The molecule has 9 rings (SSSR count). The van der Waals surface area contributed by atoms with Crippen LogP contribution in [0.25, 0.3) is 77.2 Å². The van der Waals surface area contributed by atoms with Crippen molar-refractivity contribution in [3.05, 3.63) is 166 Å². The molecule has 0 aliphatic rings. The van der Waals surface area contributed by atoms with Crippen LogP contribution in [0.4, 0.5) is 26.3 Å². The van der Waals surface area contributed by atoms with Crippen molar-refractivity contribution in [1.82, 2.24) is 9.13 Å². The minimum Gasteiger partial charge on any atom is -0.309 e. The number of aromatic nitrogens is 2. The van der Waals surface area contributed by atoms with Crippen molar-refractivity contribution in [2.24, 2.45) is 0 Å². The van der Waals surface area contributed by atoms with Crippen molar-refractivity contribution in [3.8, 4) is 33.6 Å². The Morgan fingerprint density at radius 2 is 0.656 bits per heavy atom. The number of aryl methyl sites for hydroxylation is 4. The van der Waals surface area contributed by atoms with E-state index in [9.17, 15) is 0 Å². The number of halogens is 6. The number of fused-ring (bicyclic) bond motifs is 6. The van der Waals surface area contributed by atoms with E-state index < -0.39 is 34.3 Å². The lowest BCUT2D eigenvalue weighted by Gasteiger charge is -2.38. The van der Waals surface area contributed by atoms with E-state index in [2.05, 4.69) is 99.2 Å². The molecule has 0 aliphatic heterocycles.